The Labute approximate surface area is 97.5 Å². The van der Waals surface area contributed by atoms with Gasteiger partial charge < -0.3 is 9.84 Å². The van der Waals surface area contributed by atoms with E-state index in [1.165, 1.54) is 0 Å². The smallest absolute Gasteiger partial charge is 0.338 e. The summed E-state index contributed by atoms with van der Waals surface area (Å²) in [7, 11) is 0. The third-order valence-electron chi connectivity index (χ3n) is 2.27. The quantitative estimate of drug-likeness (QED) is 0.609. The van der Waals surface area contributed by atoms with E-state index in [2.05, 4.69) is 14.8 Å². The molecule has 1 aliphatic rings. The lowest BCUT2D eigenvalue weighted by atomic mass is 10.2. The molecule has 2 unspecified atom stereocenters. The first-order valence-corrected chi connectivity index (χ1v) is 5.12. The highest BCUT2D eigenvalue weighted by atomic mass is 17.5. The molecule has 1 aliphatic heterocycles. The molecule has 2 atom stereocenters. The molecule has 0 amide bonds. The van der Waals surface area contributed by atoms with Crippen molar-refractivity contribution in [1.29, 1.82) is 0 Å². The maximum absolute atomic E-state index is 11.5. The average molecular weight is 240 g/mol. The predicted molar refractivity (Wildman–Crippen MR) is 54.6 cm³/mol. The van der Waals surface area contributed by atoms with Gasteiger partial charge >= 0.3 is 5.97 Å². The van der Waals surface area contributed by atoms with E-state index in [9.17, 15) is 9.90 Å². The number of carbonyl (C=O) groups excluding carboxylic acids is 1. The molecule has 1 aromatic carbocycles. The van der Waals surface area contributed by atoms with Crippen molar-refractivity contribution in [2.75, 3.05) is 13.2 Å². The van der Waals surface area contributed by atoms with Gasteiger partial charge in [-0.1, -0.05) is 23.2 Å². The van der Waals surface area contributed by atoms with E-state index >= 15 is 0 Å². The first kappa shape index (κ1) is 12.0. The Kier molecular flexibility index (Phi) is 4.05. The zero-order valence-electron chi connectivity index (χ0n) is 8.94. The Balaban J connectivity index is 1.80. The number of ether oxygens (including phenoxy) is 1. The Morgan fingerprint density at radius 3 is 2.88 bits per heavy atom. The van der Waals surface area contributed by atoms with Crippen LogP contribution in [-0.2, 0) is 19.6 Å². The van der Waals surface area contributed by atoms with Gasteiger partial charge in [0.05, 0.1) is 5.56 Å². The monoisotopic (exact) mass is 240 g/mol. The predicted octanol–water partition coefficient (Wildman–Crippen LogP) is 0.466. The van der Waals surface area contributed by atoms with Gasteiger partial charge in [-0.2, -0.15) is 4.89 Å². The highest BCUT2D eigenvalue weighted by Gasteiger charge is 2.28. The van der Waals surface area contributed by atoms with Crippen molar-refractivity contribution in [2.45, 2.75) is 12.2 Å². The van der Waals surface area contributed by atoms with Gasteiger partial charge in [0.1, 0.15) is 19.3 Å². The van der Waals surface area contributed by atoms with Gasteiger partial charge in [-0.3, -0.25) is 0 Å². The molecular weight excluding hydrogens is 228 g/mol. The molecule has 1 heterocycles. The topological polar surface area (TPSA) is 74.2 Å². The lowest BCUT2D eigenvalue weighted by molar-refractivity contribution is -0.462. The summed E-state index contributed by atoms with van der Waals surface area (Å²) in [6.07, 6.45) is -1.62. The van der Waals surface area contributed by atoms with E-state index < -0.39 is 18.2 Å². The molecule has 1 saturated heterocycles. The third kappa shape index (κ3) is 3.24. The maximum Gasteiger partial charge on any atom is 0.338 e. The van der Waals surface area contributed by atoms with Crippen LogP contribution >= 0.6 is 0 Å². The summed E-state index contributed by atoms with van der Waals surface area (Å²) >= 11 is 0. The van der Waals surface area contributed by atoms with Crippen molar-refractivity contribution < 1.29 is 29.5 Å². The average Bonchev–Trinajstić information content (AvgIpc) is 2.90. The second-order valence-electron chi connectivity index (χ2n) is 3.52. The molecule has 0 aliphatic carbocycles. The second-order valence-corrected chi connectivity index (χ2v) is 3.52. The van der Waals surface area contributed by atoms with Crippen LogP contribution in [0.1, 0.15) is 10.4 Å². The van der Waals surface area contributed by atoms with Crippen LogP contribution in [0, 0.1) is 0 Å². The zero-order valence-corrected chi connectivity index (χ0v) is 8.94. The van der Waals surface area contributed by atoms with Crippen molar-refractivity contribution in [3.05, 3.63) is 35.9 Å². The van der Waals surface area contributed by atoms with Crippen LogP contribution in [0.5, 0.6) is 0 Å². The van der Waals surface area contributed by atoms with E-state index in [1.807, 2.05) is 0 Å². The second kappa shape index (κ2) is 5.74. The van der Waals surface area contributed by atoms with Gasteiger partial charge in [0.2, 0.25) is 0 Å². The number of rotatable bonds is 4. The minimum Gasteiger partial charge on any atom is -0.459 e. The van der Waals surface area contributed by atoms with Crippen LogP contribution in [0.15, 0.2) is 30.3 Å². The summed E-state index contributed by atoms with van der Waals surface area (Å²) in [5, 5.41) is 13.8. The number of aliphatic hydroxyl groups is 1. The fourth-order valence-corrected chi connectivity index (χ4v) is 1.30. The number of aliphatic hydroxyl groups excluding tert-OH is 1. The summed E-state index contributed by atoms with van der Waals surface area (Å²) in [6, 6.07) is 8.52. The molecular formula is C11H12O6. The van der Waals surface area contributed by atoms with Crippen molar-refractivity contribution in [3.8, 4) is 0 Å². The van der Waals surface area contributed by atoms with Gasteiger partial charge in [0, 0.05) is 0 Å². The molecule has 1 N–H and O–H groups in total. The lowest BCUT2D eigenvalue weighted by Crippen LogP contribution is -2.33. The Morgan fingerprint density at radius 1 is 1.47 bits per heavy atom. The van der Waals surface area contributed by atoms with Crippen molar-refractivity contribution >= 4 is 5.97 Å². The van der Waals surface area contributed by atoms with Crippen LogP contribution in [-0.4, -0.2) is 36.5 Å². The molecule has 1 fully saturated rings. The van der Waals surface area contributed by atoms with Gasteiger partial charge in [-0.05, 0) is 12.1 Å². The molecule has 2 rings (SSSR count). The SMILES string of the molecule is O=C(OCC(O)C1COOO1)c1ccccc1. The summed E-state index contributed by atoms with van der Waals surface area (Å²) < 4.78 is 4.92. The summed E-state index contributed by atoms with van der Waals surface area (Å²) in [4.78, 5) is 20.6. The number of carbonyl (C=O) groups is 1. The number of esters is 1. The van der Waals surface area contributed by atoms with Crippen molar-refractivity contribution in [3.63, 3.8) is 0 Å². The van der Waals surface area contributed by atoms with Crippen LogP contribution in [0.2, 0.25) is 0 Å². The minimum absolute atomic E-state index is 0.101. The summed E-state index contributed by atoms with van der Waals surface area (Å²) in [5.41, 5.74) is 0.430. The van der Waals surface area contributed by atoms with Crippen LogP contribution in [0.4, 0.5) is 0 Å². The van der Waals surface area contributed by atoms with Crippen LogP contribution in [0.3, 0.4) is 0 Å². The highest BCUT2D eigenvalue weighted by molar-refractivity contribution is 5.89. The first-order chi connectivity index (χ1) is 8.27. The lowest BCUT2D eigenvalue weighted by Gasteiger charge is -2.13. The number of hydrogen-bond donors (Lipinski definition) is 1. The molecule has 0 saturated carbocycles. The largest absolute Gasteiger partial charge is 0.459 e. The van der Waals surface area contributed by atoms with E-state index in [0.717, 1.165) is 0 Å². The molecule has 0 radical (unpaired) electrons. The van der Waals surface area contributed by atoms with Crippen LogP contribution < -0.4 is 0 Å². The van der Waals surface area contributed by atoms with E-state index in [-0.39, 0.29) is 13.2 Å². The van der Waals surface area contributed by atoms with Gasteiger partial charge in [0.15, 0.2) is 6.10 Å². The molecule has 0 bridgehead atoms. The summed E-state index contributed by atoms with van der Waals surface area (Å²) in [5.74, 6) is -0.496. The molecule has 1 aromatic rings. The first-order valence-electron chi connectivity index (χ1n) is 5.12. The Hall–Kier alpha value is -1.47. The normalized spacial score (nSPS) is 21.1. The third-order valence-corrected chi connectivity index (χ3v) is 2.27. The van der Waals surface area contributed by atoms with Gasteiger partial charge in [0.25, 0.3) is 0 Å². The standard InChI is InChI=1S/C11H12O6/c12-9(10-7-15-17-16-10)6-14-11(13)8-4-2-1-3-5-8/h1-5,9-10,12H,6-7H2. The van der Waals surface area contributed by atoms with E-state index in [0.29, 0.717) is 5.56 Å². The van der Waals surface area contributed by atoms with Gasteiger partial charge in [-0.25, -0.2) is 9.68 Å². The van der Waals surface area contributed by atoms with Crippen LogP contribution in [0.25, 0.3) is 0 Å². The molecule has 92 valence electrons. The Morgan fingerprint density at radius 2 is 2.24 bits per heavy atom. The Bertz CT molecular complexity index is 359. The number of hydrogen-bond acceptors (Lipinski definition) is 6. The van der Waals surface area contributed by atoms with Crippen molar-refractivity contribution in [2.24, 2.45) is 0 Å². The molecule has 6 heteroatoms. The summed E-state index contributed by atoms with van der Waals surface area (Å²) in [6.45, 7) is -0.0742. The highest BCUT2D eigenvalue weighted by Crippen LogP contribution is 2.10. The molecule has 0 spiro atoms. The minimum atomic E-state index is -0.981. The van der Waals surface area contributed by atoms with Gasteiger partial charge in [-0.15, -0.1) is 0 Å². The fourth-order valence-electron chi connectivity index (χ4n) is 1.30. The molecule has 6 nitrogen and oxygen atoms in total. The molecule has 0 aromatic heterocycles. The van der Waals surface area contributed by atoms with E-state index in [4.69, 9.17) is 4.74 Å². The number of benzene rings is 1. The zero-order chi connectivity index (χ0) is 12.1. The fraction of sp³-hybridized carbons (Fsp3) is 0.364. The maximum atomic E-state index is 11.5. The molecule has 17 heavy (non-hydrogen) atoms. The van der Waals surface area contributed by atoms with Crippen molar-refractivity contribution in [1.82, 2.24) is 0 Å². The van der Waals surface area contributed by atoms with E-state index in [1.54, 1.807) is 30.3 Å².